The SMILES string of the molecule is Cc1nc2nc(C(F)(F)F)nn2c(C)c1CC(=O)Nc1cc(C(F)(F)F)ccc1N(C)C. The molecule has 13 heteroatoms. The van der Waals surface area contributed by atoms with Crippen molar-refractivity contribution in [2.45, 2.75) is 32.6 Å². The summed E-state index contributed by atoms with van der Waals surface area (Å²) in [6, 6.07) is 2.96. The van der Waals surface area contributed by atoms with Gasteiger partial charge < -0.3 is 10.2 Å². The van der Waals surface area contributed by atoms with Crippen LogP contribution >= 0.6 is 0 Å². The van der Waals surface area contributed by atoms with Gasteiger partial charge in [0.15, 0.2) is 0 Å². The van der Waals surface area contributed by atoms with Gasteiger partial charge in [0.2, 0.25) is 5.91 Å². The third-order valence-corrected chi connectivity index (χ3v) is 4.72. The highest BCUT2D eigenvalue weighted by molar-refractivity contribution is 5.96. The molecule has 7 nitrogen and oxygen atoms in total. The van der Waals surface area contributed by atoms with E-state index < -0.39 is 29.6 Å². The molecule has 0 radical (unpaired) electrons. The number of halogens is 6. The number of aromatic nitrogens is 4. The van der Waals surface area contributed by atoms with Crippen molar-refractivity contribution in [1.29, 1.82) is 0 Å². The Bertz CT molecular complexity index is 1180. The summed E-state index contributed by atoms with van der Waals surface area (Å²) in [4.78, 5) is 21.5. The molecule has 0 bridgehead atoms. The van der Waals surface area contributed by atoms with E-state index in [9.17, 15) is 31.1 Å². The highest BCUT2D eigenvalue weighted by atomic mass is 19.4. The van der Waals surface area contributed by atoms with E-state index in [-0.39, 0.29) is 34.8 Å². The van der Waals surface area contributed by atoms with Crippen molar-refractivity contribution >= 4 is 23.1 Å². The fourth-order valence-corrected chi connectivity index (χ4v) is 3.14. The maximum absolute atomic E-state index is 13.1. The molecule has 0 spiro atoms. The summed E-state index contributed by atoms with van der Waals surface area (Å²) in [6.07, 6.45) is -9.71. The number of anilines is 2. The van der Waals surface area contributed by atoms with Crippen LogP contribution in [-0.4, -0.2) is 39.6 Å². The van der Waals surface area contributed by atoms with Gasteiger partial charge in [0.1, 0.15) is 0 Å². The van der Waals surface area contributed by atoms with E-state index in [1.54, 1.807) is 14.1 Å². The fourth-order valence-electron chi connectivity index (χ4n) is 3.14. The minimum Gasteiger partial charge on any atom is -0.376 e. The molecular weight excluding hydrogens is 442 g/mol. The van der Waals surface area contributed by atoms with Gasteiger partial charge in [-0.1, -0.05) is 0 Å². The predicted molar refractivity (Wildman–Crippen MR) is 103 cm³/mol. The average Bonchev–Trinajstić information content (AvgIpc) is 3.08. The van der Waals surface area contributed by atoms with Crippen LogP contribution in [0.15, 0.2) is 18.2 Å². The lowest BCUT2D eigenvalue weighted by atomic mass is 10.1. The monoisotopic (exact) mass is 460 g/mol. The minimum atomic E-state index is -4.77. The Morgan fingerprint density at radius 2 is 1.72 bits per heavy atom. The molecule has 0 aliphatic rings. The molecule has 2 aromatic heterocycles. The summed E-state index contributed by atoms with van der Waals surface area (Å²) in [5.41, 5.74) is 0.104. The van der Waals surface area contributed by atoms with Gasteiger partial charge in [-0.3, -0.25) is 4.79 Å². The zero-order chi connectivity index (χ0) is 24.0. The van der Waals surface area contributed by atoms with Gasteiger partial charge in [0.25, 0.3) is 11.6 Å². The van der Waals surface area contributed by atoms with Crippen molar-refractivity contribution in [2.24, 2.45) is 0 Å². The number of hydrogen-bond donors (Lipinski definition) is 1. The molecule has 3 aromatic rings. The van der Waals surface area contributed by atoms with Crippen molar-refractivity contribution in [3.05, 3.63) is 46.5 Å². The first-order chi connectivity index (χ1) is 14.7. The van der Waals surface area contributed by atoms with Crippen LogP contribution in [0.5, 0.6) is 0 Å². The number of aryl methyl sites for hydroxylation is 2. The van der Waals surface area contributed by atoms with E-state index in [1.165, 1.54) is 24.8 Å². The molecule has 1 aromatic carbocycles. The Kier molecular flexibility index (Phi) is 5.78. The fraction of sp³-hybridized carbons (Fsp3) is 0.368. The van der Waals surface area contributed by atoms with Crippen LogP contribution in [0.25, 0.3) is 5.78 Å². The second kappa shape index (κ2) is 7.95. The number of benzene rings is 1. The summed E-state index contributed by atoms with van der Waals surface area (Å²) < 4.78 is 78.9. The first kappa shape index (κ1) is 23.3. The molecule has 2 heterocycles. The number of nitrogens with one attached hydrogen (secondary N) is 1. The summed E-state index contributed by atoms with van der Waals surface area (Å²) in [5.74, 6) is -2.31. The first-order valence-electron chi connectivity index (χ1n) is 9.17. The van der Waals surface area contributed by atoms with Gasteiger partial charge in [-0.05, 0) is 32.0 Å². The maximum atomic E-state index is 13.1. The number of amides is 1. The Morgan fingerprint density at radius 3 is 2.28 bits per heavy atom. The molecule has 3 rings (SSSR count). The molecule has 172 valence electrons. The average molecular weight is 460 g/mol. The summed E-state index contributed by atoms with van der Waals surface area (Å²) in [6.45, 7) is 2.95. The Hall–Kier alpha value is -3.38. The van der Waals surface area contributed by atoms with Crippen LogP contribution < -0.4 is 10.2 Å². The van der Waals surface area contributed by atoms with Crippen LogP contribution in [-0.2, 0) is 23.6 Å². The highest BCUT2D eigenvalue weighted by Crippen LogP contribution is 2.35. The Labute approximate surface area is 178 Å². The predicted octanol–water partition coefficient (Wildman–Crippen LogP) is 4.03. The van der Waals surface area contributed by atoms with Crippen molar-refractivity contribution in [3.8, 4) is 0 Å². The molecule has 32 heavy (non-hydrogen) atoms. The molecular formula is C19H18F6N6O. The van der Waals surface area contributed by atoms with E-state index in [2.05, 4.69) is 20.4 Å². The number of nitrogens with zero attached hydrogens (tertiary/aromatic N) is 5. The molecule has 0 unspecified atom stereocenters. The molecule has 0 saturated carbocycles. The summed E-state index contributed by atoms with van der Waals surface area (Å²) >= 11 is 0. The zero-order valence-corrected chi connectivity index (χ0v) is 17.4. The molecule has 1 amide bonds. The molecule has 0 aliphatic carbocycles. The van der Waals surface area contributed by atoms with Gasteiger partial charge in [0, 0.05) is 31.0 Å². The van der Waals surface area contributed by atoms with Crippen molar-refractivity contribution in [2.75, 3.05) is 24.3 Å². The van der Waals surface area contributed by atoms with E-state index in [0.29, 0.717) is 5.69 Å². The number of fused-ring (bicyclic) bond motifs is 1. The molecule has 0 atom stereocenters. The smallest absolute Gasteiger partial charge is 0.376 e. The Morgan fingerprint density at radius 1 is 1.06 bits per heavy atom. The van der Waals surface area contributed by atoms with Crippen LogP contribution in [0.3, 0.4) is 0 Å². The molecule has 0 saturated heterocycles. The maximum Gasteiger partial charge on any atom is 0.453 e. The number of carbonyl (C=O) groups is 1. The minimum absolute atomic E-state index is 0.0562. The number of hydrogen-bond acceptors (Lipinski definition) is 5. The lowest BCUT2D eigenvalue weighted by Crippen LogP contribution is -2.21. The van der Waals surface area contributed by atoms with E-state index in [0.717, 1.165) is 16.6 Å². The summed E-state index contributed by atoms with van der Waals surface area (Å²) in [7, 11) is 3.21. The third kappa shape index (κ3) is 4.60. The lowest BCUT2D eigenvalue weighted by Gasteiger charge is -2.20. The summed E-state index contributed by atoms with van der Waals surface area (Å²) in [5, 5.41) is 5.86. The standard InChI is InChI=1S/C19H18F6N6O/c1-9-12(10(2)31-17(26-9)28-16(29-31)19(23,24)25)8-15(32)27-13-7-11(18(20,21)22)5-6-14(13)30(3)4/h5-7H,8H2,1-4H3,(H,27,32). The number of carbonyl (C=O) groups excluding carboxylic acids is 1. The zero-order valence-electron chi connectivity index (χ0n) is 17.4. The molecule has 1 N–H and O–H groups in total. The van der Waals surface area contributed by atoms with Crippen LogP contribution in [0, 0.1) is 13.8 Å². The highest BCUT2D eigenvalue weighted by Gasteiger charge is 2.37. The van der Waals surface area contributed by atoms with Gasteiger partial charge in [0.05, 0.1) is 23.4 Å². The van der Waals surface area contributed by atoms with Crippen LogP contribution in [0.1, 0.15) is 28.3 Å². The first-order valence-corrected chi connectivity index (χ1v) is 9.17. The van der Waals surface area contributed by atoms with Crippen molar-refractivity contribution in [1.82, 2.24) is 19.6 Å². The van der Waals surface area contributed by atoms with Gasteiger partial charge in [-0.15, -0.1) is 5.10 Å². The van der Waals surface area contributed by atoms with Crippen LogP contribution in [0.4, 0.5) is 37.7 Å². The third-order valence-electron chi connectivity index (χ3n) is 4.72. The van der Waals surface area contributed by atoms with Crippen LogP contribution in [0.2, 0.25) is 0 Å². The van der Waals surface area contributed by atoms with Crippen molar-refractivity contribution < 1.29 is 31.1 Å². The number of rotatable bonds is 4. The lowest BCUT2D eigenvalue weighted by molar-refractivity contribution is -0.144. The van der Waals surface area contributed by atoms with E-state index in [1.807, 2.05) is 0 Å². The van der Waals surface area contributed by atoms with E-state index >= 15 is 0 Å². The van der Waals surface area contributed by atoms with Gasteiger partial charge >= 0.3 is 12.4 Å². The van der Waals surface area contributed by atoms with Gasteiger partial charge in [-0.25, -0.2) is 9.50 Å². The van der Waals surface area contributed by atoms with Gasteiger partial charge in [-0.2, -0.15) is 31.3 Å². The van der Waals surface area contributed by atoms with Crippen molar-refractivity contribution in [3.63, 3.8) is 0 Å². The molecule has 0 fully saturated rings. The largest absolute Gasteiger partial charge is 0.453 e. The number of alkyl halides is 6. The van der Waals surface area contributed by atoms with E-state index in [4.69, 9.17) is 0 Å². The second-order valence-corrected chi connectivity index (χ2v) is 7.26. The normalized spacial score (nSPS) is 12.3. The quantitative estimate of drug-likeness (QED) is 0.596. The second-order valence-electron chi connectivity index (χ2n) is 7.26. The molecule has 0 aliphatic heterocycles. The Balaban J connectivity index is 1.94. The topological polar surface area (TPSA) is 75.4 Å².